The van der Waals surface area contributed by atoms with E-state index >= 15 is 0 Å². The molecule has 1 aromatic rings. The van der Waals surface area contributed by atoms with Crippen LogP contribution >= 0.6 is 0 Å². The first kappa shape index (κ1) is 9.83. The van der Waals surface area contributed by atoms with Gasteiger partial charge in [0.05, 0.1) is 11.2 Å². The summed E-state index contributed by atoms with van der Waals surface area (Å²) in [6, 6.07) is 6.63. The lowest BCUT2D eigenvalue weighted by atomic mass is 9.52. The molecule has 20 heavy (non-hydrogen) atoms. The molecule has 0 radical (unpaired) electrons. The Bertz CT molecular complexity index is 615. The van der Waals surface area contributed by atoms with Crippen molar-refractivity contribution in [1.29, 1.82) is 0 Å². The Morgan fingerprint density at radius 1 is 1.35 bits per heavy atom. The summed E-state index contributed by atoms with van der Waals surface area (Å²) in [6.45, 7) is 1.14. The largest absolute Gasteiger partial charge is 0.497 e. The molecular weight excluding hydrogens is 246 g/mol. The van der Waals surface area contributed by atoms with Crippen molar-refractivity contribution in [1.82, 2.24) is 4.90 Å². The highest BCUT2D eigenvalue weighted by Gasteiger charge is 2.53. The van der Waals surface area contributed by atoms with Gasteiger partial charge in [0.1, 0.15) is 5.75 Å². The van der Waals surface area contributed by atoms with Crippen LogP contribution in [0.1, 0.15) is 47.3 Å². The van der Waals surface area contributed by atoms with E-state index in [1.807, 2.05) is 12.1 Å². The van der Waals surface area contributed by atoms with Gasteiger partial charge in [-0.1, -0.05) is 18.9 Å². The summed E-state index contributed by atoms with van der Waals surface area (Å²) in [4.78, 5) is 2.55. The second-order valence-corrected chi connectivity index (χ2v) is 6.93. The number of fused-ring (bicyclic) bond motifs is 1. The molecule has 1 saturated heterocycles. The molecule has 3 aliphatic rings. The summed E-state index contributed by atoms with van der Waals surface area (Å²) in [7, 11) is -0.109. The number of hydrogen-bond donors (Lipinski definition) is 0. The second-order valence-electron chi connectivity index (χ2n) is 6.93. The maximum Gasteiger partial charge on any atom is 0.119 e. The van der Waals surface area contributed by atoms with Gasteiger partial charge in [-0.05, 0) is 68.5 Å². The second kappa shape index (κ2) is 4.49. The summed E-state index contributed by atoms with van der Waals surface area (Å²) in [5, 5.41) is 0. The standard InChI is InChI=1S/C18H25NO/c1-19-10-9-18-8-4-3-5-15(18)17(19)11-13-6-7-14(20-2)12-16(13)18/h6-7,12,15,17H,3-5,8-11H2,1-2H3/t15?,17-,18-/m0/s1/i2D3. The molecule has 0 N–H and O–H groups in total. The Morgan fingerprint density at radius 3 is 3.20 bits per heavy atom. The van der Waals surface area contributed by atoms with E-state index in [1.165, 1.54) is 43.2 Å². The van der Waals surface area contributed by atoms with E-state index < -0.39 is 7.04 Å². The zero-order valence-corrected chi connectivity index (χ0v) is 12.2. The number of ether oxygens (including phenoxy) is 1. The third-order valence-corrected chi connectivity index (χ3v) is 6.20. The fourth-order valence-corrected chi connectivity index (χ4v) is 5.24. The van der Waals surface area contributed by atoms with Gasteiger partial charge in [-0.15, -0.1) is 0 Å². The monoisotopic (exact) mass is 274 g/mol. The fraction of sp³-hybridized carbons (Fsp3) is 0.667. The average molecular weight is 274 g/mol. The van der Waals surface area contributed by atoms with Gasteiger partial charge >= 0.3 is 0 Å². The van der Waals surface area contributed by atoms with Crippen molar-refractivity contribution < 1.29 is 8.85 Å². The third kappa shape index (κ3) is 1.60. The molecule has 2 fully saturated rings. The lowest BCUT2D eigenvalue weighted by Gasteiger charge is -2.58. The lowest BCUT2D eigenvalue weighted by molar-refractivity contribution is 0.00274. The molecule has 1 unspecified atom stereocenters. The van der Waals surface area contributed by atoms with E-state index in [1.54, 1.807) is 0 Å². The van der Waals surface area contributed by atoms with Crippen molar-refractivity contribution in [2.45, 2.75) is 50.0 Å². The predicted molar refractivity (Wildman–Crippen MR) is 81.4 cm³/mol. The van der Waals surface area contributed by atoms with Gasteiger partial charge in [-0.2, -0.15) is 0 Å². The number of benzene rings is 1. The van der Waals surface area contributed by atoms with Crippen molar-refractivity contribution in [3.8, 4) is 5.75 Å². The van der Waals surface area contributed by atoms with Crippen LogP contribution in [0.4, 0.5) is 0 Å². The highest BCUT2D eigenvalue weighted by Crippen LogP contribution is 2.55. The minimum atomic E-state index is -2.37. The average Bonchev–Trinajstić information content (AvgIpc) is 2.50. The number of likely N-dealkylation sites (tertiary alicyclic amines) is 1. The van der Waals surface area contributed by atoms with E-state index in [-0.39, 0.29) is 5.41 Å². The minimum Gasteiger partial charge on any atom is -0.497 e. The quantitative estimate of drug-likeness (QED) is 0.778. The zero-order valence-electron chi connectivity index (χ0n) is 15.2. The number of rotatable bonds is 1. The van der Waals surface area contributed by atoms with Crippen LogP contribution in [-0.2, 0) is 11.8 Å². The topological polar surface area (TPSA) is 12.5 Å². The van der Waals surface area contributed by atoms with E-state index in [0.29, 0.717) is 17.7 Å². The lowest BCUT2D eigenvalue weighted by Crippen LogP contribution is -2.59. The Hall–Kier alpha value is -1.02. The Kier molecular flexibility index (Phi) is 2.21. The molecule has 108 valence electrons. The molecule has 1 heterocycles. The van der Waals surface area contributed by atoms with E-state index in [2.05, 4.69) is 18.0 Å². The molecule has 2 nitrogen and oxygen atoms in total. The van der Waals surface area contributed by atoms with Crippen molar-refractivity contribution in [3.63, 3.8) is 0 Å². The molecule has 2 heteroatoms. The van der Waals surface area contributed by atoms with Crippen LogP contribution in [0.3, 0.4) is 0 Å². The van der Waals surface area contributed by atoms with Gasteiger partial charge < -0.3 is 9.64 Å². The summed E-state index contributed by atoms with van der Waals surface area (Å²) in [6.07, 6.45) is 7.44. The number of hydrogen-bond acceptors (Lipinski definition) is 2. The molecule has 1 saturated carbocycles. The van der Waals surface area contributed by atoms with Crippen LogP contribution in [0.2, 0.25) is 0 Å². The van der Waals surface area contributed by atoms with Crippen LogP contribution in [-0.4, -0.2) is 31.6 Å². The SMILES string of the molecule is [2H]C([2H])([2H])Oc1ccc2c(c1)[C@]13CCCCC1[C@H](C2)N(C)CC3. The van der Waals surface area contributed by atoms with E-state index in [9.17, 15) is 0 Å². The Morgan fingerprint density at radius 2 is 2.30 bits per heavy atom. The Balaban J connectivity index is 1.79. The summed E-state index contributed by atoms with van der Waals surface area (Å²) < 4.78 is 27.3. The van der Waals surface area contributed by atoms with Crippen LogP contribution in [0.15, 0.2) is 18.2 Å². The van der Waals surface area contributed by atoms with Crippen LogP contribution in [0.5, 0.6) is 5.75 Å². The number of nitrogens with zero attached hydrogens (tertiary/aromatic N) is 1. The maximum atomic E-state index is 7.36. The molecule has 1 aliphatic heterocycles. The summed E-state index contributed by atoms with van der Waals surface area (Å²) in [5.41, 5.74) is 3.03. The smallest absolute Gasteiger partial charge is 0.119 e. The third-order valence-electron chi connectivity index (χ3n) is 6.20. The molecule has 4 rings (SSSR count). The number of methoxy groups -OCH3 is 1. The molecule has 1 aromatic carbocycles. The van der Waals surface area contributed by atoms with Crippen LogP contribution in [0.25, 0.3) is 0 Å². The molecule has 3 atom stereocenters. The van der Waals surface area contributed by atoms with Gasteiger partial charge in [0, 0.05) is 11.5 Å². The molecule has 2 bridgehead atoms. The van der Waals surface area contributed by atoms with E-state index in [0.717, 1.165) is 13.0 Å². The molecular formula is C18H25NO. The van der Waals surface area contributed by atoms with Gasteiger partial charge in [0.15, 0.2) is 0 Å². The summed E-state index contributed by atoms with van der Waals surface area (Å²) >= 11 is 0. The van der Waals surface area contributed by atoms with Crippen LogP contribution < -0.4 is 4.74 Å². The number of piperidine rings is 1. The van der Waals surface area contributed by atoms with Crippen molar-refractivity contribution in [3.05, 3.63) is 29.3 Å². The maximum absolute atomic E-state index is 7.36. The molecule has 0 amide bonds. The highest BCUT2D eigenvalue weighted by molar-refractivity contribution is 5.45. The normalized spacial score (nSPS) is 39.0. The first-order valence-electron chi connectivity index (χ1n) is 9.42. The minimum absolute atomic E-state index is 0.247. The number of likely N-dealkylation sites (N-methyl/N-ethyl adjacent to an activating group) is 1. The van der Waals surface area contributed by atoms with Crippen molar-refractivity contribution in [2.24, 2.45) is 5.92 Å². The van der Waals surface area contributed by atoms with E-state index in [4.69, 9.17) is 8.85 Å². The molecule has 2 aliphatic carbocycles. The van der Waals surface area contributed by atoms with Gasteiger partial charge in [0.2, 0.25) is 0 Å². The molecule has 0 spiro atoms. The van der Waals surface area contributed by atoms with Gasteiger partial charge in [-0.3, -0.25) is 0 Å². The first-order chi connectivity index (χ1) is 10.9. The summed E-state index contributed by atoms with van der Waals surface area (Å²) in [5.74, 6) is 1.21. The van der Waals surface area contributed by atoms with Gasteiger partial charge in [0.25, 0.3) is 0 Å². The van der Waals surface area contributed by atoms with Crippen molar-refractivity contribution >= 4 is 0 Å². The van der Waals surface area contributed by atoms with Crippen LogP contribution in [0, 0.1) is 5.92 Å². The molecule has 0 aromatic heterocycles. The predicted octanol–water partition coefficient (Wildman–Crippen LogP) is 3.38. The highest BCUT2D eigenvalue weighted by atomic mass is 16.5. The van der Waals surface area contributed by atoms with Crippen molar-refractivity contribution in [2.75, 3.05) is 20.6 Å². The van der Waals surface area contributed by atoms with Gasteiger partial charge in [-0.25, -0.2) is 0 Å². The Labute approximate surface area is 126 Å². The zero-order chi connectivity index (χ0) is 16.2. The first-order valence-corrected chi connectivity index (χ1v) is 7.92. The fourth-order valence-electron chi connectivity index (χ4n) is 5.24.